The Labute approximate surface area is 330 Å². The molecule has 0 atom stereocenters. The first-order valence-corrected chi connectivity index (χ1v) is 21.4. The molecular weight excluding hydrogens is 711 g/mol. The lowest BCUT2D eigenvalue weighted by molar-refractivity contribution is 0.671. The monoisotopic (exact) mass is 743 g/mol. The fraction of sp³-hybridized carbons (Fsp3) is 0. The van der Waals surface area contributed by atoms with Crippen molar-refractivity contribution in [3.05, 3.63) is 200 Å². The van der Waals surface area contributed by atoms with Crippen LogP contribution in [-0.4, -0.2) is 22.6 Å². The topological polar surface area (TPSA) is 43.9 Å². The van der Waals surface area contributed by atoms with Crippen LogP contribution in [0.25, 0.3) is 83.3 Å². The minimum Gasteiger partial charge on any atom is -0.454 e. The predicted octanol–water partition coefficient (Wildman–Crippen LogP) is 10.2. The molecule has 3 aromatic heterocycles. The van der Waals surface area contributed by atoms with E-state index in [0.717, 1.165) is 72.4 Å². The van der Waals surface area contributed by atoms with E-state index in [9.17, 15) is 0 Å². The Balaban J connectivity index is 1.20. The Hall–Kier alpha value is -7.34. The number of nitrogens with zero attached hydrogens (tertiary/aromatic N) is 3. The van der Waals surface area contributed by atoms with Crippen molar-refractivity contribution in [2.24, 2.45) is 0 Å². The van der Waals surface area contributed by atoms with Crippen molar-refractivity contribution in [3.8, 4) is 39.6 Å². The fourth-order valence-electron chi connectivity index (χ4n) is 9.52. The fourth-order valence-corrected chi connectivity index (χ4v) is 14.8. The summed E-state index contributed by atoms with van der Waals surface area (Å²) < 4.78 is 9.10. The number of hydrogen-bond acceptors (Lipinski definition) is 3. The molecule has 5 heteroatoms. The maximum atomic E-state index is 6.72. The van der Waals surface area contributed by atoms with Crippen LogP contribution in [0.1, 0.15) is 0 Å². The molecule has 4 heterocycles. The van der Waals surface area contributed by atoms with Crippen LogP contribution in [0, 0.1) is 0 Å². The lowest BCUT2D eigenvalue weighted by Crippen LogP contribution is -2.73. The summed E-state index contributed by atoms with van der Waals surface area (Å²) in [6.07, 6.45) is 0. The highest BCUT2D eigenvalue weighted by molar-refractivity contribution is 7.22. The number of para-hydroxylation sites is 2. The van der Waals surface area contributed by atoms with Crippen LogP contribution < -0.4 is 20.7 Å². The standard InChI is InChI=1S/C52H33N3OSi/c1-4-17-34(18-5-1)52-53-47(51-48(54-52)43-27-12-15-30-46(43)57(51,37-21-6-2-7-22-37)38-23-8-3-9-24-38)35-19-16-20-36(33-35)55-44-28-13-10-25-39(44)41-31-32-42-40-26-11-14-29-45(40)56-50(42)49(41)55/h1-33H. The first kappa shape index (κ1) is 32.0. The van der Waals surface area contributed by atoms with Crippen LogP contribution in [0.4, 0.5) is 0 Å². The normalized spacial score (nSPS) is 13.1. The third kappa shape index (κ3) is 4.55. The van der Waals surface area contributed by atoms with Crippen molar-refractivity contribution in [2.45, 2.75) is 0 Å². The van der Waals surface area contributed by atoms with E-state index in [1.807, 2.05) is 12.1 Å². The largest absolute Gasteiger partial charge is 0.454 e. The highest BCUT2D eigenvalue weighted by Crippen LogP contribution is 2.41. The number of fused-ring (bicyclic) bond motifs is 10. The van der Waals surface area contributed by atoms with Gasteiger partial charge in [0.1, 0.15) is 5.58 Å². The van der Waals surface area contributed by atoms with Gasteiger partial charge >= 0.3 is 0 Å². The van der Waals surface area contributed by atoms with E-state index >= 15 is 0 Å². The number of aromatic nitrogens is 3. The Kier molecular flexibility index (Phi) is 6.91. The Bertz CT molecular complexity index is 3310. The van der Waals surface area contributed by atoms with Gasteiger partial charge in [0.25, 0.3) is 0 Å². The van der Waals surface area contributed by atoms with Crippen LogP contribution in [-0.2, 0) is 0 Å². The molecular formula is C52H33N3OSi. The summed E-state index contributed by atoms with van der Waals surface area (Å²) in [6.45, 7) is 0. The molecule has 12 rings (SSSR count). The molecule has 57 heavy (non-hydrogen) atoms. The average molecular weight is 744 g/mol. The van der Waals surface area contributed by atoms with Gasteiger partial charge in [0.05, 0.1) is 22.4 Å². The molecule has 0 bridgehead atoms. The number of furan rings is 1. The molecule has 0 spiro atoms. The number of rotatable bonds is 5. The van der Waals surface area contributed by atoms with Gasteiger partial charge in [0.15, 0.2) is 19.5 Å². The zero-order valence-electron chi connectivity index (χ0n) is 30.8. The number of hydrogen-bond donors (Lipinski definition) is 0. The smallest absolute Gasteiger partial charge is 0.185 e. The Morgan fingerprint density at radius 1 is 0.456 bits per heavy atom. The van der Waals surface area contributed by atoms with E-state index in [0.29, 0.717) is 0 Å². The van der Waals surface area contributed by atoms with Gasteiger partial charge in [-0.05, 0) is 45.9 Å². The summed E-state index contributed by atoms with van der Waals surface area (Å²) >= 11 is 0. The van der Waals surface area contributed by atoms with E-state index in [1.165, 1.54) is 31.7 Å². The Morgan fingerprint density at radius 2 is 1.07 bits per heavy atom. The SMILES string of the molecule is c1ccc(-c2nc(-c3cccc(-n4c5ccccc5c5ccc6c7ccccc7oc6c54)c3)c3c(n2)-c2ccccc2[Si]3(c2ccccc2)c2ccccc2)cc1. The van der Waals surface area contributed by atoms with Crippen molar-refractivity contribution >= 4 is 72.6 Å². The predicted molar refractivity (Wildman–Crippen MR) is 237 cm³/mol. The van der Waals surface area contributed by atoms with Gasteiger partial charge in [0.2, 0.25) is 0 Å². The summed E-state index contributed by atoms with van der Waals surface area (Å²) in [4.78, 5) is 11.1. The molecule has 266 valence electrons. The van der Waals surface area contributed by atoms with Crippen LogP contribution in [0.2, 0.25) is 0 Å². The highest BCUT2D eigenvalue weighted by atomic mass is 28.3. The first-order valence-electron chi connectivity index (χ1n) is 19.4. The van der Waals surface area contributed by atoms with Crippen molar-refractivity contribution in [1.82, 2.24) is 14.5 Å². The van der Waals surface area contributed by atoms with Crippen molar-refractivity contribution < 1.29 is 4.42 Å². The molecule has 0 saturated carbocycles. The molecule has 4 nitrogen and oxygen atoms in total. The van der Waals surface area contributed by atoms with Gasteiger partial charge < -0.3 is 8.98 Å². The lowest BCUT2D eigenvalue weighted by Gasteiger charge is -2.32. The second kappa shape index (κ2) is 12.3. The zero-order chi connectivity index (χ0) is 37.5. The van der Waals surface area contributed by atoms with Gasteiger partial charge in [-0.15, -0.1) is 0 Å². The molecule has 0 radical (unpaired) electrons. The lowest BCUT2D eigenvalue weighted by atomic mass is 10.1. The molecule has 11 aromatic rings. The Morgan fingerprint density at radius 3 is 1.86 bits per heavy atom. The van der Waals surface area contributed by atoms with E-state index in [4.69, 9.17) is 14.4 Å². The zero-order valence-corrected chi connectivity index (χ0v) is 31.8. The van der Waals surface area contributed by atoms with Gasteiger partial charge in [-0.25, -0.2) is 9.97 Å². The number of benzene rings is 8. The molecule has 0 fully saturated rings. The average Bonchev–Trinajstić information content (AvgIpc) is 3.94. The maximum absolute atomic E-state index is 6.72. The van der Waals surface area contributed by atoms with Crippen molar-refractivity contribution in [3.63, 3.8) is 0 Å². The molecule has 1 aliphatic heterocycles. The van der Waals surface area contributed by atoms with Crippen LogP contribution in [0.5, 0.6) is 0 Å². The quantitative estimate of drug-likeness (QED) is 0.165. The van der Waals surface area contributed by atoms with Crippen molar-refractivity contribution in [1.29, 1.82) is 0 Å². The minimum absolute atomic E-state index is 0.719. The van der Waals surface area contributed by atoms with Crippen LogP contribution in [0.3, 0.4) is 0 Å². The highest BCUT2D eigenvalue weighted by Gasteiger charge is 2.51. The van der Waals surface area contributed by atoms with E-state index in [1.54, 1.807) is 0 Å². The second-order valence-corrected chi connectivity index (χ2v) is 18.5. The molecule has 0 saturated heterocycles. The van der Waals surface area contributed by atoms with E-state index in [2.05, 4.69) is 193 Å². The third-order valence-electron chi connectivity index (χ3n) is 11.9. The third-order valence-corrected chi connectivity index (χ3v) is 16.7. The molecule has 0 aliphatic carbocycles. The van der Waals surface area contributed by atoms with Crippen LogP contribution in [0.15, 0.2) is 205 Å². The summed E-state index contributed by atoms with van der Waals surface area (Å²) in [5, 5.41) is 9.75. The van der Waals surface area contributed by atoms with Crippen molar-refractivity contribution in [2.75, 3.05) is 0 Å². The second-order valence-electron chi connectivity index (χ2n) is 14.9. The van der Waals surface area contributed by atoms with Gasteiger partial charge in [-0.1, -0.05) is 170 Å². The van der Waals surface area contributed by atoms with Gasteiger partial charge in [-0.2, -0.15) is 0 Å². The molecule has 0 N–H and O–H groups in total. The van der Waals surface area contributed by atoms with Gasteiger partial charge in [-0.3, -0.25) is 0 Å². The summed E-state index contributed by atoms with van der Waals surface area (Å²) in [7, 11) is -2.95. The molecule has 1 aliphatic rings. The van der Waals surface area contributed by atoms with E-state index in [-0.39, 0.29) is 0 Å². The minimum atomic E-state index is -2.95. The maximum Gasteiger partial charge on any atom is 0.185 e. The first-order chi connectivity index (χ1) is 28.3. The summed E-state index contributed by atoms with van der Waals surface area (Å²) in [6, 6.07) is 71.9. The molecule has 0 unspecified atom stereocenters. The summed E-state index contributed by atoms with van der Waals surface area (Å²) in [5.41, 5.74) is 10.2. The van der Waals surface area contributed by atoms with E-state index < -0.39 is 8.07 Å². The van der Waals surface area contributed by atoms with Gasteiger partial charge in [0, 0.05) is 49.1 Å². The van der Waals surface area contributed by atoms with Crippen LogP contribution >= 0.6 is 0 Å². The molecule has 8 aromatic carbocycles. The molecule has 0 amide bonds. The summed E-state index contributed by atoms with van der Waals surface area (Å²) in [5.74, 6) is 0.719.